The number of methoxy groups -OCH3 is 1. The molecular formula is C27H33FN4O4S. The average Bonchev–Trinajstić information content (AvgIpc) is 3.28. The van der Waals surface area contributed by atoms with Crippen LogP contribution in [0.1, 0.15) is 61.0 Å². The molecule has 1 heterocycles. The van der Waals surface area contributed by atoms with Crippen LogP contribution in [0.3, 0.4) is 0 Å². The first-order chi connectivity index (χ1) is 17.9. The highest BCUT2D eigenvalue weighted by Gasteiger charge is 2.30. The number of rotatable bonds is 10. The van der Waals surface area contributed by atoms with Crippen LogP contribution in [0.2, 0.25) is 0 Å². The lowest BCUT2D eigenvalue weighted by Crippen LogP contribution is -2.26. The quantitative estimate of drug-likeness (QED) is 0.149. The van der Waals surface area contributed by atoms with Crippen LogP contribution in [-0.2, 0) is 16.1 Å². The van der Waals surface area contributed by atoms with Crippen LogP contribution >= 0.6 is 11.8 Å². The molecule has 0 unspecified atom stereocenters. The number of fused-ring (bicyclic) bond motifs is 1. The molecule has 4 rings (SSSR count). The summed E-state index contributed by atoms with van der Waals surface area (Å²) in [6, 6.07) is 9.84. The third kappa shape index (κ3) is 6.31. The van der Waals surface area contributed by atoms with Crippen molar-refractivity contribution in [2.75, 3.05) is 24.8 Å². The number of ether oxygens (including phenoxy) is 1. The second-order valence-corrected chi connectivity index (χ2v) is 10.2. The number of benzene rings is 2. The number of carbonyl (C=O) groups is 2. The smallest absolute Gasteiger partial charge is 0.308 e. The van der Waals surface area contributed by atoms with E-state index < -0.39 is 0 Å². The van der Waals surface area contributed by atoms with Gasteiger partial charge in [-0.1, -0.05) is 13.0 Å². The molecule has 1 aliphatic carbocycles. The predicted octanol–water partition coefficient (Wildman–Crippen LogP) is 4.87. The maximum atomic E-state index is 14.4. The first kappa shape index (κ1) is 27.1. The van der Waals surface area contributed by atoms with Gasteiger partial charge in [-0.15, -0.1) is 11.8 Å². The van der Waals surface area contributed by atoms with Gasteiger partial charge >= 0.3 is 5.97 Å². The minimum atomic E-state index is -0.384. The molecule has 8 nitrogen and oxygen atoms in total. The standard InChI is InChI=1S/C27H33FN4O4S/c1-3-12-29-16-37-24-14-19(7-10-21(24)28)25(34)31-27-30-22-11-4-17(15-33)13-23(22)32(27)20-8-5-18(6-9-20)26(35)36-2/h4,7,10-11,13-14,18,20,29,33H,3,5-6,8-9,12,15-16H2,1-2H3,(H,30,31,34). The van der Waals surface area contributed by atoms with Gasteiger partial charge in [-0.25, -0.2) is 9.37 Å². The minimum absolute atomic E-state index is 0.0131. The van der Waals surface area contributed by atoms with Gasteiger partial charge in [0.05, 0.1) is 30.7 Å². The van der Waals surface area contributed by atoms with E-state index in [1.54, 1.807) is 12.1 Å². The molecule has 0 saturated heterocycles. The van der Waals surface area contributed by atoms with Gasteiger partial charge in [0.2, 0.25) is 5.95 Å². The number of imidazole rings is 1. The van der Waals surface area contributed by atoms with Gasteiger partial charge in [0.25, 0.3) is 5.91 Å². The fourth-order valence-electron chi connectivity index (χ4n) is 4.74. The third-order valence-corrected chi connectivity index (χ3v) is 7.68. The van der Waals surface area contributed by atoms with E-state index in [-0.39, 0.29) is 36.3 Å². The molecule has 10 heteroatoms. The molecule has 198 valence electrons. The van der Waals surface area contributed by atoms with E-state index in [4.69, 9.17) is 4.74 Å². The van der Waals surface area contributed by atoms with Crippen molar-refractivity contribution < 1.29 is 23.8 Å². The average molecular weight is 529 g/mol. The van der Waals surface area contributed by atoms with Crippen LogP contribution in [0.25, 0.3) is 11.0 Å². The SMILES string of the molecule is CCCNCSc1cc(C(=O)Nc2nc3ccc(CO)cc3n2C2CCC(C(=O)OC)CC2)ccc1F. The van der Waals surface area contributed by atoms with E-state index in [9.17, 15) is 19.1 Å². The molecule has 0 radical (unpaired) electrons. The summed E-state index contributed by atoms with van der Waals surface area (Å²) < 4.78 is 21.3. The van der Waals surface area contributed by atoms with Gasteiger partial charge in [0.15, 0.2) is 0 Å². The maximum absolute atomic E-state index is 14.4. The molecule has 37 heavy (non-hydrogen) atoms. The molecule has 3 N–H and O–H groups in total. The summed E-state index contributed by atoms with van der Waals surface area (Å²) in [6.45, 7) is 2.79. The lowest BCUT2D eigenvalue weighted by Gasteiger charge is -2.29. The zero-order valence-electron chi connectivity index (χ0n) is 21.1. The Morgan fingerprint density at radius 2 is 1.97 bits per heavy atom. The molecule has 1 fully saturated rings. The summed E-state index contributed by atoms with van der Waals surface area (Å²) in [5.41, 5.74) is 2.58. The summed E-state index contributed by atoms with van der Waals surface area (Å²) in [4.78, 5) is 30.4. The summed E-state index contributed by atoms with van der Waals surface area (Å²) in [7, 11) is 1.41. The highest BCUT2D eigenvalue weighted by Crippen LogP contribution is 2.37. The second-order valence-electron chi connectivity index (χ2n) is 9.20. The molecule has 1 amide bonds. The van der Waals surface area contributed by atoms with Gasteiger partial charge in [-0.3, -0.25) is 14.9 Å². The summed E-state index contributed by atoms with van der Waals surface area (Å²) >= 11 is 1.31. The van der Waals surface area contributed by atoms with Crippen LogP contribution < -0.4 is 10.6 Å². The number of nitrogens with zero attached hydrogens (tertiary/aromatic N) is 2. The Labute approximate surface area is 220 Å². The normalized spacial score (nSPS) is 17.6. The first-order valence-electron chi connectivity index (χ1n) is 12.6. The summed E-state index contributed by atoms with van der Waals surface area (Å²) in [5.74, 6) is -0.146. The van der Waals surface area contributed by atoms with E-state index in [1.807, 2.05) is 16.7 Å². The zero-order valence-corrected chi connectivity index (χ0v) is 21.9. The number of amides is 1. The number of aromatic nitrogens is 2. The van der Waals surface area contributed by atoms with E-state index in [1.165, 1.54) is 31.0 Å². The van der Waals surface area contributed by atoms with Crippen molar-refractivity contribution >= 4 is 40.6 Å². The van der Waals surface area contributed by atoms with E-state index >= 15 is 0 Å². The number of nitrogens with one attached hydrogen (secondary N) is 2. The van der Waals surface area contributed by atoms with Crippen molar-refractivity contribution in [2.45, 2.75) is 56.6 Å². The Hall–Kier alpha value is -2.95. The van der Waals surface area contributed by atoms with Crippen molar-refractivity contribution in [3.8, 4) is 0 Å². The number of halogens is 1. The number of aliphatic hydroxyl groups is 1. The van der Waals surface area contributed by atoms with Crippen LogP contribution in [0.5, 0.6) is 0 Å². The van der Waals surface area contributed by atoms with Gasteiger partial charge < -0.3 is 19.7 Å². The summed E-state index contributed by atoms with van der Waals surface area (Å²) in [5, 5.41) is 15.8. The van der Waals surface area contributed by atoms with E-state index in [2.05, 4.69) is 22.5 Å². The molecule has 2 aromatic carbocycles. The topological polar surface area (TPSA) is 105 Å². The molecule has 1 saturated carbocycles. The monoisotopic (exact) mass is 528 g/mol. The lowest BCUT2D eigenvalue weighted by molar-refractivity contribution is -0.146. The second kappa shape index (κ2) is 12.5. The molecule has 1 aromatic heterocycles. The fraction of sp³-hybridized carbons (Fsp3) is 0.444. The molecule has 0 aliphatic heterocycles. The van der Waals surface area contributed by atoms with Crippen molar-refractivity contribution in [2.24, 2.45) is 5.92 Å². The Morgan fingerprint density at radius 3 is 2.68 bits per heavy atom. The molecule has 1 aliphatic rings. The van der Waals surface area contributed by atoms with Crippen LogP contribution in [-0.4, -0.2) is 46.1 Å². The Bertz CT molecular complexity index is 1260. The van der Waals surface area contributed by atoms with Crippen LogP contribution in [0.15, 0.2) is 41.3 Å². The third-order valence-electron chi connectivity index (χ3n) is 6.71. The maximum Gasteiger partial charge on any atom is 0.308 e. The Kier molecular flexibility index (Phi) is 9.18. The van der Waals surface area contributed by atoms with Gasteiger partial charge in [0, 0.05) is 22.4 Å². The minimum Gasteiger partial charge on any atom is -0.469 e. The van der Waals surface area contributed by atoms with E-state index in [0.717, 1.165) is 36.9 Å². The molecular weight excluding hydrogens is 495 g/mol. The van der Waals surface area contributed by atoms with Gasteiger partial charge in [-0.05, 0) is 74.5 Å². The Morgan fingerprint density at radius 1 is 1.19 bits per heavy atom. The molecule has 0 bridgehead atoms. The first-order valence-corrected chi connectivity index (χ1v) is 13.6. The lowest BCUT2D eigenvalue weighted by atomic mass is 9.86. The number of esters is 1. The number of thioether (sulfide) groups is 1. The highest BCUT2D eigenvalue weighted by atomic mass is 32.2. The van der Waals surface area contributed by atoms with Crippen LogP contribution in [0.4, 0.5) is 10.3 Å². The van der Waals surface area contributed by atoms with Gasteiger partial charge in [-0.2, -0.15) is 0 Å². The largest absolute Gasteiger partial charge is 0.469 e. The number of aliphatic hydroxyl groups excluding tert-OH is 1. The fourth-order valence-corrected chi connectivity index (χ4v) is 5.56. The Balaban J connectivity index is 1.60. The molecule has 0 atom stereocenters. The van der Waals surface area contributed by atoms with Crippen LogP contribution in [0, 0.1) is 11.7 Å². The number of hydrogen-bond acceptors (Lipinski definition) is 7. The van der Waals surface area contributed by atoms with Crippen molar-refractivity contribution in [3.63, 3.8) is 0 Å². The number of hydrogen-bond donors (Lipinski definition) is 3. The number of carbonyl (C=O) groups excluding carboxylic acids is 2. The molecule has 3 aromatic rings. The van der Waals surface area contributed by atoms with Crippen molar-refractivity contribution in [1.82, 2.24) is 14.9 Å². The van der Waals surface area contributed by atoms with Crippen molar-refractivity contribution in [1.29, 1.82) is 0 Å². The summed E-state index contributed by atoms with van der Waals surface area (Å²) in [6.07, 6.45) is 3.78. The van der Waals surface area contributed by atoms with Crippen molar-refractivity contribution in [3.05, 3.63) is 53.3 Å². The highest BCUT2D eigenvalue weighted by molar-refractivity contribution is 7.99. The van der Waals surface area contributed by atoms with E-state index in [0.29, 0.717) is 40.6 Å². The molecule has 0 spiro atoms. The zero-order chi connectivity index (χ0) is 26.4. The van der Waals surface area contributed by atoms with Gasteiger partial charge in [0.1, 0.15) is 5.82 Å². The predicted molar refractivity (Wildman–Crippen MR) is 142 cm³/mol. The number of anilines is 1.